The fraction of sp³-hybridized carbons (Fsp3) is 0.611. The predicted molar refractivity (Wildman–Crippen MR) is 88.8 cm³/mol. The first-order valence-corrected chi connectivity index (χ1v) is 8.51. The molecule has 2 fully saturated rings. The third-order valence-corrected chi connectivity index (χ3v) is 5.39. The summed E-state index contributed by atoms with van der Waals surface area (Å²) in [5.41, 5.74) is 6.11. The largest absolute Gasteiger partial charge is 0.493 e. The summed E-state index contributed by atoms with van der Waals surface area (Å²) >= 11 is 0. The molecule has 0 radical (unpaired) electrons. The highest BCUT2D eigenvalue weighted by molar-refractivity contribution is 5.95. The first kappa shape index (κ1) is 17.0. The summed E-state index contributed by atoms with van der Waals surface area (Å²) in [4.78, 5) is 12.6. The van der Waals surface area contributed by atoms with E-state index in [-0.39, 0.29) is 23.4 Å². The van der Waals surface area contributed by atoms with Crippen molar-refractivity contribution in [1.82, 2.24) is 5.32 Å². The van der Waals surface area contributed by atoms with Crippen LogP contribution in [0.15, 0.2) is 12.1 Å². The van der Waals surface area contributed by atoms with Crippen LogP contribution in [0, 0.1) is 17.7 Å². The Bertz CT molecular complexity index is 609. The summed E-state index contributed by atoms with van der Waals surface area (Å²) in [5.74, 6) is 0.384. The van der Waals surface area contributed by atoms with Crippen LogP contribution in [0.2, 0.25) is 0 Å². The molecular formula is C18H25FN2O3. The molecule has 0 heterocycles. The SMILES string of the molecule is COc1cc(F)c(C(=O)NC2C3CCCC2CC(N)C3)cc1OC. The normalized spacial score (nSPS) is 29.0. The third kappa shape index (κ3) is 3.20. The van der Waals surface area contributed by atoms with Crippen molar-refractivity contribution in [3.8, 4) is 11.5 Å². The molecule has 3 rings (SSSR count). The molecule has 2 saturated carbocycles. The molecule has 2 aliphatic rings. The van der Waals surface area contributed by atoms with Crippen molar-refractivity contribution in [3.05, 3.63) is 23.5 Å². The van der Waals surface area contributed by atoms with Crippen molar-refractivity contribution in [3.63, 3.8) is 0 Å². The van der Waals surface area contributed by atoms with E-state index in [4.69, 9.17) is 15.2 Å². The lowest BCUT2D eigenvalue weighted by Gasteiger charge is -2.45. The van der Waals surface area contributed by atoms with E-state index in [9.17, 15) is 9.18 Å². The molecule has 1 amide bonds. The van der Waals surface area contributed by atoms with Crippen molar-refractivity contribution in [2.45, 2.75) is 44.2 Å². The first-order valence-electron chi connectivity index (χ1n) is 8.51. The molecule has 3 N–H and O–H groups in total. The maximum atomic E-state index is 14.3. The number of hydrogen-bond donors (Lipinski definition) is 2. The zero-order chi connectivity index (χ0) is 17.3. The molecule has 5 nitrogen and oxygen atoms in total. The van der Waals surface area contributed by atoms with Gasteiger partial charge in [-0.25, -0.2) is 4.39 Å². The fourth-order valence-electron chi connectivity index (χ4n) is 4.28. The monoisotopic (exact) mass is 336 g/mol. The lowest BCUT2D eigenvalue weighted by atomic mass is 9.67. The molecule has 0 aliphatic heterocycles. The lowest BCUT2D eigenvalue weighted by molar-refractivity contribution is 0.0752. The van der Waals surface area contributed by atoms with E-state index in [1.54, 1.807) is 0 Å². The van der Waals surface area contributed by atoms with Crippen molar-refractivity contribution >= 4 is 5.91 Å². The van der Waals surface area contributed by atoms with E-state index < -0.39 is 11.7 Å². The molecular weight excluding hydrogens is 311 g/mol. The number of nitrogens with two attached hydrogens (primary N) is 1. The molecule has 1 aromatic carbocycles. The summed E-state index contributed by atoms with van der Waals surface area (Å²) in [5, 5.41) is 3.06. The Balaban J connectivity index is 1.80. The summed E-state index contributed by atoms with van der Waals surface area (Å²) in [6.45, 7) is 0. The van der Waals surface area contributed by atoms with Crippen LogP contribution in [0.25, 0.3) is 0 Å². The first-order chi connectivity index (χ1) is 11.5. The summed E-state index contributed by atoms with van der Waals surface area (Å²) in [7, 11) is 2.90. The third-order valence-electron chi connectivity index (χ3n) is 5.39. The van der Waals surface area contributed by atoms with Gasteiger partial charge in [0.2, 0.25) is 0 Å². The molecule has 6 heteroatoms. The average Bonchev–Trinajstić information content (AvgIpc) is 2.55. The summed E-state index contributed by atoms with van der Waals surface area (Å²) in [6.07, 6.45) is 5.18. The second-order valence-electron chi connectivity index (χ2n) is 6.87. The van der Waals surface area contributed by atoms with Crippen molar-refractivity contribution in [2.75, 3.05) is 14.2 Å². The number of methoxy groups -OCH3 is 2. The highest BCUT2D eigenvalue weighted by Gasteiger charge is 2.40. The Morgan fingerprint density at radius 3 is 2.33 bits per heavy atom. The number of hydrogen-bond acceptors (Lipinski definition) is 4. The van der Waals surface area contributed by atoms with Gasteiger partial charge in [-0.2, -0.15) is 0 Å². The van der Waals surface area contributed by atoms with Crippen molar-refractivity contribution in [1.29, 1.82) is 0 Å². The van der Waals surface area contributed by atoms with E-state index in [2.05, 4.69) is 5.32 Å². The van der Waals surface area contributed by atoms with Crippen LogP contribution in [0.4, 0.5) is 4.39 Å². The van der Waals surface area contributed by atoms with Gasteiger partial charge >= 0.3 is 0 Å². The molecule has 1 aromatic rings. The maximum Gasteiger partial charge on any atom is 0.254 e. The average molecular weight is 336 g/mol. The smallest absolute Gasteiger partial charge is 0.254 e. The second-order valence-corrected chi connectivity index (χ2v) is 6.87. The van der Waals surface area contributed by atoms with Crippen LogP contribution >= 0.6 is 0 Å². The topological polar surface area (TPSA) is 73.6 Å². The highest BCUT2D eigenvalue weighted by Crippen LogP contribution is 2.40. The molecule has 24 heavy (non-hydrogen) atoms. The Hall–Kier alpha value is -1.82. The molecule has 2 atom stereocenters. The van der Waals surface area contributed by atoms with Crippen molar-refractivity contribution < 1.29 is 18.7 Å². The standard InChI is InChI=1S/C18H25FN2O3/c1-23-15-8-13(14(19)9-16(15)24-2)18(22)21-17-10-4-3-5-11(17)7-12(20)6-10/h8-12,17H,3-7,20H2,1-2H3,(H,21,22). The van der Waals surface area contributed by atoms with Crippen LogP contribution in [-0.4, -0.2) is 32.2 Å². The maximum absolute atomic E-state index is 14.3. The van der Waals surface area contributed by atoms with Crippen LogP contribution < -0.4 is 20.5 Å². The van der Waals surface area contributed by atoms with E-state index in [0.717, 1.165) is 25.7 Å². The van der Waals surface area contributed by atoms with Gasteiger partial charge in [0.25, 0.3) is 5.91 Å². The van der Waals surface area contributed by atoms with Gasteiger partial charge in [0, 0.05) is 18.2 Å². The van der Waals surface area contributed by atoms with E-state index in [0.29, 0.717) is 17.6 Å². The number of benzene rings is 1. The van der Waals surface area contributed by atoms with Gasteiger partial charge in [0.1, 0.15) is 5.82 Å². The quantitative estimate of drug-likeness (QED) is 0.886. The Morgan fingerprint density at radius 1 is 1.17 bits per heavy atom. The number of fused-ring (bicyclic) bond motifs is 2. The van der Waals surface area contributed by atoms with Gasteiger partial charge in [-0.15, -0.1) is 0 Å². The number of ether oxygens (including phenoxy) is 2. The minimum Gasteiger partial charge on any atom is -0.493 e. The molecule has 2 aliphatic carbocycles. The van der Waals surface area contributed by atoms with E-state index in [1.807, 2.05) is 0 Å². The number of nitrogens with one attached hydrogen (secondary N) is 1. The van der Waals surface area contributed by atoms with E-state index >= 15 is 0 Å². The minimum absolute atomic E-state index is 0.0133. The number of rotatable bonds is 4. The number of carbonyl (C=O) groups excluding carboxylic acids is 1. The minimum atomic E-state index is -0.608. The zero-order valence-electron chi connectivity index (χ0n) is 14.2. The van der Waals surface area contributed by atoms with Gasteiger partial charge in [0.15, 0.2) is 11.5 Å². The van der Waals surface area contributed by atoms with Gasteiger partial charge in [0.05, 0.1) is 19.8 Å². The molecule has 2 unspecified atom stereocenters. The number of amides is 1. The molecule has 0 aromatic heterocycles. The predicted octanol–water partition coefficient (Wildman–Crippen LogP) is 2.48. The molecule has 2 bridgehead atoms. The van der Waals surface area contributed by atoms with Gasteiger partial charge < -0.3 is 20.5 Å². The van der Waals surface area contributed by atoms with Gasteiger partial charge in [-0.1, -0.05) is 6.42 Å². The van der Waals surface area contributed by atoms with E-state index in [1.165, 1.54) is 32.8 Å². The zero-order valence-corrected chi connectivity index (χ0v) is 14.2. The number of halogens is 1. The van der Waals surface area contributed by atoms with Crippen molar-refractivity contribution in [2.24, 2.45) is 17.6 Å². The van der Waals surface area contributed by atoms with Gasteiger partial charge in [-0.05, 0) is 43.6 Å². The Labute approximate surface area is 141 Å². The second kappa shape index (κ2) is 6.97. The van der Waals surface area contributed by atoms with Gasteiger partial charge in [-0.3, -0.25) is 4.79 Å². The molecule has 0 saturated heterocycles. The Morgan fingerprint density at radius 2 is 1.75 bits per heavy atom. The Kier molecular flexibility index (Phi) is 4.94. The highest BCUT2D eigenvalue weighted by atomic mass is 19.1. The summed E-state index contributed by atoms with van der Waals surface area (Å²) in [6, 6.07) is 2.88. The van der Waals surface area contributed by atoms with Crippen LogP contribution in [-0.2, 0) is 0 Å². The van der Waals surface area contributed by atoms with Crippen LogP contribution in [0.1, 0.15) is 42.5 Å². The number of carbonyl (C=O) groups is 1. The van der Waals surface area contributed by atoms with Crippen LogP contribution in [0.3, 0.4) is 0 Å². The fourth-order valence-corrected chi connectivity index (χ4v) is 4.28. The summed E-state index contributed by atoms with van der Waals surface area (Å²) < 4.78 is 24.5. The lowest BCUT2D eigenvalue weighted by Crippen LogP contribution is -2.53. The molecule has 0 spiro atoms. The van der Waals surface area contributed by atoms with Crippen LogP contribution in [0.5, 0.6) is 11.5 Å². The molecule has 132 valence electrons.